The van der Waals surface area contributed by atoms with Gasteiger partial charge >= 0.3 is 0 Å². The molecule has 10 heteroatoms. The quantitative estimate of drug-likeness (QED) is 0.442. The highest BCUT2D eigenvalue weighted by Gasteiger charge is 2.40. The summed E-state index contributed by atoms with van der Waals surface area (Å²) in [5.41, 5.74) is 5.72. The lowest BCUT2D eigenvalue weighted by molar-refractivity contribution is -0.136. The normalized spacial score (nSPS) is 26.2. The van der Waals surface area contributed by atoms with E-state index in [4.69, 9.17) is 10.5 Å². The van der Waals surface area contributed by atoms with Crippen molar-refractivity contribution in [2.45, 2.75) is 50.7 Å². The summed E-state index contributed by atoms with van der Waals surface area (Å²) in [6.45, 7) is 2.94. The van der Waals surface area contributed by atoms with Gasteiger partial charge in [0, 0.05) is 32.0 Å². The standard InChI is InChI=1S/C26H38N4O6/c27-25(35)18-5-9-29(10-6-18)15-24(34)30-11-7-26(8-12-30)14-21(32)20(31)13-19-3-1-2-4-22(19)36-16-23(33)28-17-26/h1-4,18,20-21,31-32H,5-17H2,(H2,27,35)(H,28,33)/t20-,21+/m0/s1. The van der Waals surface area contributed by atoms with Gasteiger partial charge in [0.2, 0.25) is 11.8 Å². The van der Waals surface area contributed by atoms with Crippen LogP contribution in [0.15, 0.2) is 24.3 Å². The number of nitrogens with zero attached hydrogens (tertiary/aromatic N) is 2. The first-order valence-electron chi connectivity index (χ1n) is 12.9. The molecule has 1 aromatic carbocycles. The number of hydrogen-bond acceptors (Lipinski definition) is 7. The summed E-state index contributed by atoms with van der Waals surface area (Å²) in [6, 6.07) is 7.22. The van der Waals surface area contributed by atoms with E-state index in [-0.39, 0.29) is 36.7 Å². The fourth-order valence-corrected chi connectivity index (χ4v) is 5.59. The SMILES string of the molecule is NC(=O)C1CCN(CC(=O)N2CCC3(CC2)CNC(=O)COc2ccccc2C[C@H](O)[C@H](O)C3)CC1. The van der Waals surface area contributed by atoms with Crippen LogP contribution < -0.4 is 15.8 Å². The molecule has 0 aromatic heterocycles. The Balaban J connectivity index is 1.36. The third-order valence-corrected chi connectivity index (χ3v) is 8.03. The summed E-state index contributed by atoms with van der Waals surface area (Å²) >= 11 is 0. The van der Waals surface area contributed by atoms with Crippen molar-refractivity contribution in [2.24, 2.45) is 17.1 Å². The van der Waals surface area contributed by atoms with Crippen molar-refractivity contribution in [1.82, 2.24) is 15.1 Å². The molecule has 5 N–H and O–H groups in total. The molecule has 2 atom stereocenters. The molecule has 198 valence electrons. The molecule has 0 unspecified atom stereocenters. The summed E-state index contributed by atoms with van der Waals surface area (Å²) in [6.07, 6.45) is 1.22. The molecule has 3 amide bonds. The van der Waals surface area contributed by atoms with Gasteiger partial charge in [0.15, 0.2) is 6.61 Å². The maximum absolute atomic E-state index is 13.0. The summed E-state index contributed by atoms with van der Waals surface area (Å²) in [5, 5.41) is 24.6. The minimum atomic E-state index is -0.969. The number of ether oxygens (including phenoxy) is 1. The predicted molar refractivity (Wildman–Crippen MR) is 132 cm³/mol. The van der Waals surface area contributed by atoms with Crippen LogP contribution in [0.1, 0.15) is 37.7 Å². The lowest BCUT2D eigenvalue weighted by Gasteiger charge is -2.44. The van der Waals surface area contributed by atoms with Gasteiger partial charge in [0.1, 0.15) is 5.75 Å². The zero-order valence-electron chi connectivity index (χ0n) is 20.7. The number of aliphatic hydroxyl groups is 2. The number of nitrogens with two attached hydrogens (primary N) is 1. The van der Waals surface area contributed by atoms with Gasteiger partial charge in [0.05, 0.1) is 18.8 Å². The average Bonchev–Trinajstić information content (AvgIpc) is 2.87. The van der Waals surface area contributed by atoms with Crippen molar-refractivity contribution >= 4 is 17.7 Å². The smallest absolute Gasteiger partial charge is 0.257 e. The molecule has 4 rings (SSSR count). The monoisotopic (exact) mass is 502 g/mol. The summed E-state index contributed by atoms with van der Waals surface area (Å²) in [7, 11) is 0. The van der Waals surface area contributed by atoms with Crippen LogP contribution in [0.2, 0.25) is 0 Å². The highest BCUT2D eigenvalue weighted by molar-refractivity contribution is 5.79. The van der Waals surface area contributed by atoms with Crippen LogP contribution in [0.3, 0.4) is 0 Å². The van der Waals surface area contributed by atoms with Crippen LogP contribution in [-0.2, 0) is 20.8 Å². The first-order chi connectivity index (χ1) is 17.2. The molecular weight excluding hydrogens is 464 g/mol. The second-order valence-corrected chi connectivity index (χ2v) is 10.5. The number of aliphatic hydroxyl groups excluding tert-OH is 2. The molecule has 3 aliphatic rings. The number of fused-ring (bicyclic) bond motifs is 1. The van der Waals surface area contributed by atoms with E-state index in [1.54, 1.807) is 12.1 Å². The maximum atomic E-state index is 13.0. The Morgan fingerprint density at radius 3 is 2.47 bits per heavy atom. The second-order valence-electron chi connectivity index (χ2n) is 10.5. The number of carbonyl (C=O) groups is 3. The lowest BCUT2D eigenvalue weighted by Crippen LogP contribution is -2.52. The molecule has 0 bridgehead atoms. The Kier molecular flexibility index (Phi) is 8.48. The summed E-state index contributed by atoms with van der Waals surface area (Å²) < 4.78 is 5.68. The number of benzene rings is 1. The number of primary amides is 1. The Hall–Kier alpha value is -2.69. The highest BCUT2D eigenvalue weighted by Crippen LogP contribution is 2.37. The minimum Gasteiger partial charge on any atom is -0.483 e. The van der Waals surface area contributed by atoms with Crippen LogP contribution in [0.25, 0.3) is 0 Å². The van der Waals surface area contributed by atoms with E-state index in [0.29, 0.717) is 77.1 Å². The molecule has 0 radical (unpaired) electrons. The highest BCUT2D eigenvalue weighted by atomic mass is 16.5. The van der Waals surface area contributed by atoms with E-state index in [2.05, 4.69) is 10.2 Å². The zero-order chi connectivity index (χ0) is 25.7. The van der Waals surface area contributed by atoms with Gasteiger partial charge in [-0.1, -0.05) is 18.2 Å². The molecule has 36 heavy (non-hydrogen) atoms. The largest absolute Gasteiger partial charge is 0.483 e. The molecular formula is C26H38N4O6. The predicted octanol–water partition coefficient (Wildman–Crippen LogP) is -0.344. The van der Waals surface area contributed by atoms with Gasteiger partial charge in [-0.2, -0.15) is 0 Å². The van der Waals surface area contributed by atoms with Crippen molar-refractivity contribution in [2.75, 3.05) is 45.9 Å². The van der Waals surface area contributed by atoms with Crippen LogP contribution in [0.5, 0.6) is 5.75 Å². The molecule has 1 spiro atoms. The lowest BCUT2D eigenvalue weighted by atomic mass is 9.73. The number of rotatable bonds is 3. The second kappa shape index (κ2) is 11.6. The van der Waals surface area contributed by atoms with Gasteiger partial charge in [0.25, 0.3) is 5.91 Å². The molecule has 3 aliphatic heterocycles. The van der Waals surface area contributed by atoms with Crippen molar-refractivity contribution in [3.8, 4) is 5.75 Å². The third kappa shape index (κ3) is 6.54. The average molecular weight is 503 g/mol. The van der Waals surface area contributed by atoms with Gasteiger partial charge in [-0.15, -0.1) is 0 Å². The van der Waals surface area contributed by atoms with E-state index < -0.39 is 17.6 Å². The van der Waals surface area contributed by atoms with E-state index in [1.165, 1.54) is 0 Å². The van der Waals surface area contributed by atoms with Crippen molar-refractivity contribution in [1.29, 1.82) is 0 Å². The molecule has 2 saturated heterocycles. The Bertz CT molecular complexity index is 940. The van der Waals surface area contributed by atoms with Crippen LogP contribution in [0, 0.1) is 11.3 Å². The van der Waals surface area contributed by atoms with Crippen LogP contribution in [-0.4, -0.2) is 95.8 Å². The molecule has 3 heterocycles. The summed E-state index contributed by atoms with van der Waals surface area (Å²) in [4.78, 5) is 40.7. The molecule has 1 aromatic rings. The summed E-state index contributed by atoms with van der Waals surface area (Å²) in [5.74, 6) is -0.0414. The molecule has 2 fully saturated rings. The molecule has 10 nitrogen and oxygen atoms in total. The van der Waals surface area contributed by atoms with Crippen LogP contribution >= 0.6 is 0 Å². The number of likely N-dealkylation sites (tertiary alicyclic amines) is 2. The van der Waals surface area contributed by atoms with E-state index in [0.717, 1.165) is 5.56 Å². The number of hydrogen-bond donors (Lipinski definition) is 4. The maximum Gasteiger partial charge on any atom is 0.257 e. The fraction of sp³-hybridized carbons (Fsp3) is 0.654. The van der Waals surface area contributed by atoms with Gasteiger partial charge < -0.3 is 30.9 Å². The third-order valence-electron chi connectivity index (χ3n) is 8.03. The van der Waals surface area contributed by atoms with Gasteiger partial charge in [-0.25, -0.2) is 0 Å². The first kappa shape index (κ1) is 26.4. The first-order valence-corrected chi connectivity index (χ1v) is 12.9. The molecule has 0 aliphatic carbocycles. The van der Waals surface area contributed by atoms with Gasteiger partial charge in [-0.3, -0.25) is 19.3 Å². The number of nitrogens with one attached hydrogen (secondary N) is 1. The van der Waals surface area contributed by atoms with Gasteiger partial charge in [-0.05, 0) is 62.2 Å². The number of amides is 3. The molecule has 0 saturated carbocycles. The fourth-order valence-electron chi connectivity index (χ4n) is 5.59. The topological polar surface area (TPSA) is 145 Å². The van der Waals surface area contributed by atoms with Crippen molar-refractivity contribution in [3.05, 3.63) is 29.8 Å². The van der Waals surface area contributed by atoms with E-state index >= 15 is 0 Å². The number of piperidine rings is 2. The van der Waals surface area contributed by atoms with Crippen molar-refractivity contribution in [3.63, 3.8) is 0 Å². The van der Waals surface area contributed by atoms with E-state index in [1.807, 2.05) is 17.0 Å². The Morgan fingerprint density at radius 2 is 1.78 bits per heavy atom. The zero-order valence-corrected chi connectivity index (χ0v) is 20.7. The minimum absolute atomic E-state index is 0.0464. The van der Waals surface area contributed by atoms with Crippen LogP contribution in [0.4, 0.5) is 0 Å². The Labute approximate surface area is 211 Å². The Morgan fingerprint density at radius 1 is 1.08 bits per heavy atom. The van der Waals surface area contributed by atoms with Crippen molar-refractivity contribution < 1.29 is 29.3 Å². The number of carbonyl (C=O) groups excluding carboxylic acids is 3. The van der Waals surface area contributed by atoms with E-state index in [9.17, 15) is 24.6 Å². The number of para-hydroxylation sites is 1.